The molecule has 0 spiro atoms. The zero-order valence-electron chi connectivity index (χ0n) is 14.7. The van der Waals surface area contributed by atoms with Crippen LogP contribution in [0.25, 0.3) is 0 Å². The van der Waals surface area contributed by atoms with E-state index in [1.54, 1.807) is 31.2 Å². The second-order valence-electron chi connectivity index (χ2n) is 6.49. The third kappa shape index (κ3) is 3.44. The van der Waals surface area contributed by atoms with E-state index in [0.717, 1.165) is 0 Å². The second-order valence-corrected chi connectivity index (χ2v) is 8.06. The number of aryl methyl sites for hydroxylation is 1. The highest BCUT2D eigenvalue weighted by Gasteiger charge is 2.34. The molecule has 1 aromatic heterocycles. The van der Waals surface area contributed by atoms with Crippen LogP contribution in [0.1, 0.15) is 30.1 Å². The van der Waals surface area contributed by atoms with Crippen LogP contribution in [0.5, 0.6) is 0 Å². The van der Waals surface area contributed by atoms with Crippen molar-refractivity contribution < 1.29 is 22.5 Å². The van der Waals surface area contributed by atoms with Gasteiger partial charge in [0.2, 0.25) is 0 Å². The van der Waals surface area contributed by atoms with Gasteiger partial charge in [0, 0.05) is 18.7 Å². The summed E-state index contributed by atoms with van der Waals surface area (Å²) >= 11 is 0. The fourth-order valence-corrected chi connectivity index (χ4v) is 4.52. The van der Waals surface area contributed by atoms with Gasteiger partial charge in [-0.15, -0.1) is 4.40 Å². The minimum atomic E-state index is -3.64. The highest BCUT2D eigenvalue weighted by Crippen LogP contribution is 2.29. The van der Waals surface area contributed by atoms with E-state index in [9.17, 15) is 13.2 Å². The Morgan fingerprint density at radius 1 is 1.30 bits per heavy atom. The molecule has 0 bridgehead atoms. The second kappa shape index (κ2) is 6.76. The van der Waals surface area contributed by atoms with Gasteiger partial charge in [-0.3, -0.25) is 4.79 Å². The summed E-state index contributed by atoms with van der Waals surface area (Å²) < 4.78 is 38.5. The average Bonchev–Trinajstić information content (AvgIpc) is 3.21. The van der Waals surface area contributed by atoms with Gasteiger partial charge in [0.15, 0.2) is 18.3 Å². The van der Waals surface area contributed by atoms with Crippen LogP contribution in [0.4, 0.5) is 0 Å². The van der Waals surface area contributed by atoms with Crippen molar-refractivity contribution in [2.45, 2.75) is 31.3 Å². The highest BCUT2D eigenvalue weighted by molar-refractivity contribution is 7.90. The van der Waals surface area contributed by atoms with Crippen LogP contribution in [-0.2, 0) is 26.2 Å². The van der Waals surface area contributed by atoms with Crippen LogP contribution in [-0.4, -0.2) is 48.4 Å². The van der Waals surface area contributed by atoms with Crippen molar-refractivity contribution in [2.75, 3.05) is 13.1 Å². The monoisotopic (exact) mass is 390 g/mol. The Bertz CT molecular complexity index is 1010. The lowest BCUT2D eigenvalue weighted by atomic mass is 9.96. The first-order valence-electron chi connectivity index (χ1n) is 8.59. The SMILES string of the molecule is Cc1noc(COC(=O)C2CCN(C3=NS(=O)(=O)c4ccccc43)CC2)n1. The maximum atomic E-state index is 12.3. The number of carbonyl (C=O) groups excluding carboxylic acids is 1. The van der Waals surface area contributed by atoms with Crippen molar-refractivity contribution in [2.24, 2.45) is 10.3 Å². The molecule has 0 amide bonds. The van der Waals surface area contributed by atoms with Gasteiger partial charge >= 0.3 is 5.97 Å². The molecule has 10 heteroatoms. The molecule has 27 heavy (non-hydrogen) atoms. The van der Waals surface area contributed by atoms with Crippen molar-refractivity contribution in [1.82, 2.24) is 15.0 Å². The van der Waals surface area contributed by atoms with E-state index in [-0.39, 0.29) is 29.3 Å². The maximum Gasteiger partial charge on any atom is 0.309 e. The van der Waals surface area contributed by atoms with E-state index < -0.39 is 10.0 Å². The van der Waals surface area contributed by atoms with E-state index >= 15 is 0 Å². The number of esters is 1. The molecule has 2 aliphatic rings. The van der Waals surface area contributed by atoms with Crippen LogP contribution >= 0.6 is 0 Å². The van der Waals surface area contributed by atoms with Gasteiger partial charge < -0.3 is 14.2 Å². The number of aromatic nitrogens is 2. The van der Waals surface area contributed by atoms with Crippen molar-refractivity contribution in [1.29, 1.82) is 0 Å². The molecule has 1 aromatic carbocycles. The molecule has 142 valence electrons. The molecular weight excluding hydrogens is 372 g/mol. The van der Waals surface area contributed by atoms with E-state index in [0.29, 0.717) is 43.2 Å². The number of rotatable bonds is 3. The van der Waals surface area contributed by atoms with Crippen molar-refractivity contribution in [3.05, 3.63) is 41.5 Å². The highest BCUT2D eigenvalue weighted by atomic mass is 32.2. The lowest BCUT2D eigenvalue weighted by molar-refractivity contribution is -0.152. The van der Waals surface area contributed by atoms with Gasteiger partial charge in [-0.25, -0.2) is 0 Å². The number of hydrogen-bond donors (Lipinski definition) is 0. The zero-order chi connectivity index (χ0) is 19.0. The molecule has 2 aliphatic heterocycles. The first kappa shape index (κ1) is 17.7. The van der Waals surface area contributed by atoms with E-state index in [1.807, 2.05) is 4.90 Å². The van der Waals surface area contributed by atoms with Crippen LogP contribution in [0.15, 0.2) is 38.1 Å². The molecule has 4 rings (SSSR count). The number of fused-ring (bicyclic) bond motifs is 1. The first-order chi connectivity index (χ1) is 12.9. The molecule has 0 atom stereocenters. The van der Waals surface area contributed by atoms with Gasteiger partial charge in [0.25, 0.3) is 15.9 Å². The number of carbonyl (C=O) groups is 1. The summed E-state index contributed by atoms with van der Waals surface area (Å²) in [6.07, 6.45) is 1.12. The topological polar surface area (TPSA) is 115 Å². The minimum absolute atomic E-state index is 0.0434. The smallest absolute Gasteiger partial charge is 0.309 e. The standard InChI is InChI=1S/C17H18N4O5S/c1-11-18-15(26-19-11)10-25-17(22)12-6-8-21(9-7-12)16-13-4-2-3-5-14(13)27(23,24)20-16/h2-5,12H,6-10H2,1H3. The molecule has 0 N–H and O–H groups in total. The zero-order valence-corrected chi connectivity index (χ0v) is 15.5. The lowest BCUT2D eigenvalue weighted by Crippen LogP contribution is -2.40. The summed E-state index contributed by atoms with van der Waals surface area (Å²) in [7, 11) is -3.64. The van der Waals surface area contributed by atoms with Crippen molar-refractivity contribution >= 4 is 21.8 Å². The summed E-state index contributed by atoms with van der Waals surface area (Å²) in [5, 5.41) is 3.64. The van der Waals surface area contributed by atoms with Crippen LogP contribution in [0.3, 0.4) is 0 Å². The molecular formula is C17H18N4O5S. The molecule has 2 aromatic rings. The molecule has 0 unspecified atom stereocenters. The van der Waals surface area contributed by atoms with Gasteiger partial charge in [-0.2, -0.15) is 13.4 Å². The van der Waals surface area contributed by atoms with Gasteiger partial charge in [0.05, 0.1) is 5.92 Å². The Hall–Kier alpha value is -2.75. The largest absolute Gasteiger partial charge is 0.455 e. The van der Waals surface area contributed by atoms with Crippen LogP contribution in [0.2, 0.25) is 0 Å². The van der Waals surface area contributed by atoms with Crippen molar-refractivity contribution in [3.63, 3.8) is 0 Å². The first-order valence-corrected chi connectivity index (χ1v) is 10.0. The fourth-order valence-electron chi connectivity index (χ4n) is 3.29. The van der Waals surface area contributed by atoms with E-state index in [4.69, 9.17) is 9.26 Å². The number of benzene rings is 1. The number of ether oxygens (including phenoxy) is 1. The molecule has 9 nitrogen and oxygen atoms in total. The predicted octanol–water partition coefficient (Wildman–Crippen LogP) is 1.28. The molecule has 0 radical (unpaired) electrons. The minimum Gasteiger partial charge on any atom is -0.455 e. The average molecular weight is 390 g/mol. The predicted molar refractivity (Wildman–Crippen MR) is 93.3 cm³/mol. The third-order valence-corrected chi connectivity index (χ3v) is 5.97. The number of amidine groups is 1. The fraction of sp³-hybridized carbons (Fsp3) is 0.412. The summed E-state index contributed by atoms with van der Waals surface area (Å²) in [6, 6.07) is 6.79. The summed E-state index contributed by atoms with van der Waals surface area (Å²) in [6.45, 7) is 2.71. The molecule has 3 heterocycles. The summed E-state index contributed by atoms with van der Waals surface area (Å²) in [5.74, 6) is 0.645. The Morgan fingerprint density at radius 2 is 2.04 bits per heavy atom. The number of piperidine rings is 1. The van der Waals surface area contributed by atoms with Crippen LogP contribution < -0.4 is 0 Å². The third-order valence-electron chi connectivity index (χ3n) is 4.65. The molecule has 0 aliphatic carbocycles. The Kier molecular flexibility index (Phi) is 4.42. The molecule has 1 fully saturated rings. The van der Waals surface area contributed by atoms with Gasteiger partial charge in [0.1, 0.15) is 4.90 Å². The quantitative estimate of drug-likeness (QED) is 0.720. The maximum absolute atomic E-state index is 12.3. The summed E-state index contributed by atoms with van der Waals surface area (Å²) in [4.78, 5) is 18.4. The van der Waals surface area contributed by atoms with Crippen LogP contribution in [0, 0.1) is 12.8 Å². The number of likely N-dealkylation sites (tertiary alicyclic amines) is 1. The lowest BCUT2D eigenvalue weighted by Gasteiger charge is -2.32. The number of sulfonamides is 1. The molecule has 1 saturated heterocycles. The van der Waals surface area contributed by atoms with Crippen molar-refractivity contribution in [3.8, 4) is 0 Å². The molecule has 0 saturated carbocycles. The normalized spacial score (nSPS) is 18.9. The van der Waals surface area contributed by atoms with Gasteiger partial charge in [-0.05, 0) is 31.9 Å². The number of hydrogen-bond acceptors (Lipinski definition) is 8. The van der Waals surface area contributed by atoms with E-state index in [1.165, 1.54) is 0 Å². The van der Waals surface area contributed by atoms with Gasteiger partial charge in [-0.1, -0.05) is 17.3 Å². The Balaban J connectivity index is 1.37. The summed E-state index contributed by atoms with van der Waals surface area (Å²) in [5.41, 5.74) is 0.616. The number of nitrogens with zero attached hydrogens (tertiary/aromatic N) is 4. The Morgan fingerprint density at radius 3 is 2.74 bits per heavy atom. The Labute approximate surface area is 156 Å². The van der Waals surface area contributed by atoms with E-state index in [2.05, 4.69) is 14.5 Å².